The van der Waals surface area contributed by atoms with Gasteiger partial charge in [0.05, 0.1) is 6.61 Å². The SMILES string of the molecule is Cc1cc(C(C)(C)C)ccc1C(=O)C1CO1. The minimum atomic E-state index is -0.181. The molecule has 1 aromatic carbocycles. The van der Waals surface area contributed by atoms with E-state index in [0.29, 0.717) is 6.61 Å². The summed E-state index contributed by atoms with van der Waals surface area (Å²) in [5, 5.41) is 0. The summed E-state index contributed by atoms with van der Waals surface area (Å²) >= 11 is 0. The van der Waals surface area contributed by atoms with Gasteiger partial charge in [0.25, 0.3) is 0 Å². The van der Waals surface area contributed by atoms with Crippen molar-refractivity contribution >= 4 is 5.78 Å². The molecule has 0 amide bonds. The standard InChI is InChI=1S/C14H18O2/c1-9-7-10(14(2,3)4)5-6-11(9)13(15)12-8-16-12/h5-7,12H,8H2,1-4H3. The molecule has 2 nitrogen and oxygen atoms in total. The maximum absolute atomic E-state index is 11.9. The number of Topliss-reactive ketones (excluding diaryl/α,β-unsaturated/α-hetero) is 1. The molecule has 0 saturated carbocycles. The van der Waals surface area contributed by atoms with Crippen molar-refractivity contribution in [3.8, 4) is 0 Å². The van der Waals surface area contributed by atoms with Crippen LogP contribution in [0.5, 0.6) is 0 Å². The third-order valence-electron chi connectivity index (χ3n) is 2.98. The Balaban J connectivity index is 2.33. The van der Waals surface area contributed by atoms with E-state index in [1.54, 1.807) is 0 Å². The molecule has 0 N–H and O–H groups in total. The number of carbonyl (C=O) groups is 1. The molecule has 1 aromatic rings. The van der Waals surface area contributed by atoms with Crippen LogP contribution in [0.2, 0.25) is 0 Å². The Labute approximate surface area is 96.6 Å². The summed E-state index contributed by atoms with van der Waals surface area (Å²) in [5.74, 6) is 0.123. The number of rotatable bonds is 2. The van der Waals surface area contributed by atoms with Crippen molar-refractivity contribution in [1.29, 1.82) is 0 Å². The molecule has 0 radical (unpaired) electrons. The van der Waals surface area contributed by atoms with Crippen LogP contribution in [0.15, 0.2) is 18.2 Å². The van der Waals surface area contributed by atoms with Crippen LogP contribution >= 0.6 is 0 Å². The zero-order chi connectivity index (χ0) is 11.9. The lowest BCUT2D eigenvalue weighted by Gasteiger charge is -2.20. The quantitative estimate of drug-likeness (QED) is 0.564. The predicted molar refractivity (Wildman–Crippen MR) is 63.9 cm³/mol. The second kappa shape index (κ2) is 3.70. The molecule has 86 valence electrons. The van der Waals surface area contributed by atoms with Gasteiger partial charge in [0, 0.05) is 5.56 Å². The Kier molecular flexibility index (Phi) is 2.62. The first kappa shape index (κ1) is 11.3. The van der Waals surface area contributed by atoms with Gasteiger partial charge in [-0.25, -0.2) is 0 Å². The number of hydrogen-bond donors (Lipinski definition) is 0. The summed E-state index contributed by atoms with van der Waals surface area (Å²) in [7, 11) is 0. The Morgan fingerprint density at radius 2 is 2.00 bits per heavy atom. The molecule has 16 heavy (non-hydrogen) atoms. The Bertz CT molecular complexity index is 423. The van der Waals surface area contributed by atoms with Crippen molar-refractivity contribution in [3.05, 3.63) is 34.9 Å². The van der Waals surface area contributed by atoms with Crippen LogP contribution < -0.4 is 0 Å². The molecule has 0 spiro atoms. The molecule has 0 bridgehead atoms. The lowest BCUT2D eigenvalue weighted by molar-refractivity contribution is 0.0953. The maximum atomic E-state index is 11.9. The fourth-order valence-corrected chi connectivity index (χ4v) is 1.78. The zero-order valence-electron chi connectivity index (χ0n) is 10.3. The van der Waals surface area contributed by atoms with E-state index in [1.807, 2.05) is 19.1 Å². The summed E-state index contributed by atoms with van der Waals surface area (Å²) in [6.07, 6.45) is -0.181. The third-order valence-corrected chi connectivity index (χ3v) is 2.98. The normalized spacial score (nSPS) is 19.6. The summed E-state index contributed by atoms with van der Waals surface area (Å²) < 4.78 is 5.03. The maximum Gasteiger partial charge on any atom is 0.194 e. The molecule has 1 atom stereocenters. The Hall–Kier alpha value is -1.15. The van der Waals surface area contributed by atoms with Crippen LogP contribution in [0.4, 0.5) is 0 Å². The third kappa shape index (κ3) is 2.17. The number of ether oxygens (including phenoxy) is 1. The lowest BCUT2D eigenvalue weighted by atomic mass is 9.85. The summed E-state index contributed by atoms with van der Waals surface area (Å²) in [6, 6.07) is 6.08. The van der Waals surface area contributed by atoms with E-state index in [0.717, 1.165) is 11.1 Å². The van der Waals surface area contributed by atoms with Crippen LogP contribution in [0.1, 0.15) is 42.3 Å². The highest BCUT2D eigenvalue weighted by molar-refractivity contribution is 6.02. The van der Waals surface area contributed by atoms with Crippen molar-refractivity contribution < 1.29 is 9.53 Å². The molecule has 1 unspecified atom stereocenters. The average Bonchev–Trinajstić information content (AvgIpc) is 2.98. The Morgan fingerprint density at radius 3 is 2.44 bits per heavy atom. The lowest BCUT2D eigenvalue weighted by Crippen LogP contribution is -2.14. The van der Waals surface area contributed by atoms with Gasteiger partial charge in [-0.05, 0) is 23.5 Å². The molecular weight excluding hydrogens is 200 g/mol. The summed E-state index contributed by atoms with van der Waals surface area (Å²) in [5.41, 5.74) is 3.24. The van der Waals surface area contributed by atoms with Gasteiger partial charge in [0.15, 0.2) is 5.78 Å². The number of carbonyl (C=O) groups excluding carboxylic acids is 1. The largest absolute Gasteiger partial charge is 0.364 e. The first-order valence-electron chi connectivity index (χ1n) is 5.66. The van der Waals surface area contributed by atoms with Crippen molar-refractivity contribution in [1.82, 2.24) is 0 Å². The van der Waals surface area contributed by atoms with E-state index in [-0.39, 0.29) is 17.3 Å². The highest BCUT2D eigenvalue weighted by Gasteiger charge is 2.32. The number of hydrogen-bond acceptors (Lipinski definition) is 2. The number of aryl methyl sites for hydroxylation is 1. The first-order chi connectivity index (χ1) is 7.39. The molecule has 1 heterocycles. The van der Waals surface area contributed by atoms with Gasteiger partial charge >= 0.3 is 0 Å². The fourth-order valence-electron chi connectivity index (χ4n) is 1.78. The fraction of sp³-hybridized carbons (Fsp3) is 0.500. The zero-order valence-corrected chi connectivity index (χ0v) is 10.3. The summed E-state index contributed by atoms with van der Waals surface area (Å²) in [6.45, 7) is 9.10. The van der Waals surface area contributed by atoms with Gasteiger partial charge in [-0.1, -0.05) is 39.0 Å². The monoisotopic (exact) mass is 218 g/mol. The predicted octanol–water partition coefficient (Wildman–Crippen LogP) is 2.87. The van der Waals surface area contributed by atoms with Gasteiger partial charge in [0.2, 0.25) is 0 Å². The summed E-state index contributed by atoms with van der Waals surface area (Å²) in [4.78, 5) is 11.9. The minimum Gasteiger partial charge on any atom is -0.364 e. The van der Waals surface area contributed by atoms with E-state index in [2.05, 4.69) is 26.8 Å². The van der Waals surface area contributed by atoms with E-state index in [1.165, 1.54) is 5.56 Å². The van der Waals surface area contributed by atoms with Crippen LogP contribution in [-0.4, -0.2) is 18.5 Å². The first-order valence-corrected chi connectivity index (χ1v) is 5.66. The van der Waals surface area contributed by atoms with Crippen LogP contribution in [-0.2, 0) is 10.2 Å². The van der Waals surface area contributed by atoms with Gasteiger partial charge in [-0.2, -0.15) is 0 Å². The molecule has 1 aliphatic rings. The topological polar surface area (TPSA) is 29.6 Å². The second-order valence-corrected chi connectivity index (χ2v) is 5.47. The molecule has 2 heteroatoms. The molecule has 0 aliphatic carbocycles. The van der Waals surface area contributed by atoms with Crippen LogP contribution in [0, 0.1) is 6.92 Å². The van der Waals surface area contributed by atoms with Crippen molar-refractivity contribution in [2.75, 3.05) is 6.61 Å². The molecule has 1 fully saturated rings. The van der Waals surface area contributed by atoms with Crippen molar-refractivity contribution in [2.45, 2.75) is 39.2 Å². The molecule has 0 aromatic heterocycles. The Morgan fingerprint density at radius 1 is 1.38 bits per heavy atom. The second-order valence-electron chi connectivity index (χ2n) is 5.47. The van der Waals surface area contributed by atoms with Gasteiger partial charge in [0.1, 0.15) is 6.10 Å². The van der Waals surface area contributed by atoms with E-state index < -0.39 is 0 Å². The van der Waals surface area contributed by atoms with Gasteiger partial charge in [-0.3, -0.25) is 4.79 Å². The number of ketones is 1. The van der Waals surface area contributed by atoms with E-state index in [4.69, 9.17) is 4.74 Å². The molecular formula is C14H18O2. The van der Waals surface area contributed by atoms with E-state index >= 15 is 0 Å². The molecule has 1 aliphatic heterocycles. The number of epoxide rings is 1. The van der Waals surface area contributed by atoms with Crippen LogP contribution in [0.25, 0.3) is 0 Å². The van der Waals surface area contributed by atoms with Crippen molar-refractivity contribution in [3.63, 3.8) is 0 Å². The van der Waals surface area contributed by atoms with E-state index in [9.17, 15) is 4.79 Å². The highest BCUT2D eigenvalue weighted by atomic mass is 16.6. The average molecular weight is 218 g/mol. The highest BCUT2D eigenvalue weighted by Crippen LogP contribution is 2.26. The minimum absolute atomic E-state index is 0.123. The number of benzene rings is 1. The molecule has 1 saturated heterocycles. The van der Waals surface area contributed by atoms with Gasteiger partial charge in [-0.15, -0.1) is 0 Å². The van der Waals surface area contributed by atoms with Gasteiger partial charge < -0.3 is 4.74 Å². The van der Waals surface area contributed by atoms with Crippen molar-refractivity contribution in [2.24, 2.45) is 0 Å². The molecule has 2 rings (SSSR count). The van der Waals surface area contributed by atoms with Crippen LogP contribution in [0.3, 0.4) is 0 Å². The smallest absolute Gasteiger partial charge is 0.194 e.